The van der Waals surface area contributed by atoms with Gasteiger partial charge in [-0.1, -0.05) is 36.7 Å². The molecule has 0 spiro atoms. The van der Waals surface area contributed by atoms with E-state index in [1.807, 2.05) is 30.9 Å². The number of hydrogen-bond acceptors (Lipinski definition) is 2. The van der Waals surface area contributed by atoms with Crippen LogP contribution >= 0.6 is 15.9 Å². The van der Waals surface area contributed by atoms with Gasteiger partial charge in [0.25, 0.3) is 0 Å². The minimum Gasteiger partial charge on any atom is -0.397 e. The number of nitrogens with two attached hydrogens (primary N) is 1. The molecule has 0 bridgehead atoms. The summed E-state index contributed by atoms with van der Waals surface area (Å²) in [7, 11) is 0. The van der Waals surface area contributed by atoms with Crippen LogP contribution in [0.1, 0.15) is 27.2 Å². The fourth-order valence-corrected chi connectivity index (χ4v) is 2.74. The Morgan fingerprint density at radius 3 is 2.29 bits per heavy atom. The molecular weight excluding hydrogens is 345 g/mol. The van der Waals surface area contributed by atoms with E-state index in [4.69, 9.17) is 5.73 Å². The van der Waals surface area contributed by atoms with Crippen molar-refractivity contribution in [3.8, 4) is 0 Å². The van der Waals surface area contributed by atoms with Crippen LogP contribution in [0.5, 0.6) is 0 Å². The summed E-state index contributed by atoms with van der Waals surface area (Å²) in [6.07, 6.45) is -4.91. The summed E-state index contributed by atoms with van der Waals surface area (Å²) in [6, 6.07) is 5.48. The van der Waals surface area contributed by atoms with Crippen molar-refractivity contribution in [1.82, 2.24) is 0 Å². The lowest BCUT2D eigenvalue weighted by Gasteiger charge is -2.31. The van der Waals surface area contributed by atoms with Crippen molar-refractivity contribution in [1.29, 1.82) is 0 Å². The third-order valence-electron chi connectivity index (χ3n) is 3.03. The summed E-state index contributed by atoms with van der Waals surface area (Å²) >= 11 is 3.34. The average Bonchev–Trinajstić information content (AvgIpc) is 2.24. The first-order valence-corrected chi connectivity index (χ1v) is 7.74. The fraction of sp³-hybridized carbons (Fsp3) is 0.600. The quantitative estimate of drug-likeness (QED) is 0.711. The van der Waals surface area contributed by atoms with Crippen LogP contribution < -0.4 is 10.6 Å². The summed E-state index contributed by atoms with van der Waals surface area (Å²) in [5, 5.41) is 0. The molecule has 0 fully saturated rings. The molecule has 1 unspecified atom stereocenters. The molecule has 0 radical (unpaired) electrons. The Hall–Kier alpha value is -0.910. The number of benzene rings is 1. The van der Waals surface area contributed by atoms with Gasteiger partial charge in [0, 0.05) is 24.0 Å². The van der Waals surface area contributed by atoms with Gasteiger partial charge in [0.05, 0.1) is 11.4 Å². The van der Waals surface area contributed by atoms with E-state index in [2.05, 4.69) is 15.9 Å². The zero-order valence-corrected chi connectivity index (χ0v) is 14.1. The van der Waals surface area contributed by atoms with Crippen molar-refractivity contribution in [2.24, 2.45) is 11.8 Å². The molecule has 1 atom stereocenters. The third kappa shape index (κ3) is 6.59. The summed E-state index contributed by atoms with van der Waals surface area (Å²) in [5.74, 6) is -0.141. The summed E-state index contributed by atoms with van der Waals surface area (Å²) < 4.78 is 38.4. The SMILES string of the molecule is CC(C)CN(CC(C)CC(F)(F)F)c1ccc(Br)cc1N. The van der Waals surface area contributed by atoms with Gasteiger partial charge in [-0.25, -0.2) is 0 Å². The zero-order chi connectivity index (χ0) is 16.2. The molecule has 2 nitrogen and oxygen atoms in total. The molecule has 1 aromatic rings. The van der Waals surface area contributed by atoms with Crippen molar-refractivity contribution >= 4 is 27.3 Å². The van der Waals surface area contributed by atoms with E-state index < -0.39 is 18.5 Å². The number of anilines is 2. The first kappa shape index (κ1) is 18.1. The maximum atomic E-state index is 12.5. The number of rotatable bonds is 6. The third-order valence-corrected chi connectivity index (χ3v) is 3.52. The Morgan fingerprint density at radius 1 is 1.19 bits per heavy atom. The van der Waals surface area contributed by atoms with Crippen LogP contribution in [-0.4, -0.2) is 19.3 Å². The lowest BCUT2D eigenvalue weighted by atomic mass is 10.0. The Labute approximate surface area is 132 Å². The minimum absolute atomic E-state index is 0.337. The standard InChI is InChI=1S/C15H22BrF3N2/c1-10(2)8-21(9-11(3)7-15(17,18)19)14-5-4-12(16)6-13(14)20/h4-6,10-11H,7-9,20H2,1-3H3. The lowest BCUT2D eigenvalue weighted by Crippen LogP contribution is -2.34. The predicted molar refractivity (Wildman–Crippen MR) is 85.4 cm³/mol. The molecule has 0 aliphatic heterocycles. The molecule has 6 heteroatoms. The summed E-state index contributed by atoms with van der Waals surface area (Å²) in [5.41, 5.74) is 7.37. The largest absolute Gasteiger partial charge is 0.397 e. The second-order valence-electron chi connectivity index (χ2n) is 5.93. The van der Waals surface area contributed by atoms with Gasteiger partial charge in [0.1, 0.15) is 0 Å². The molecule has 1 aromatic carbocycles. The number of halogens is 4. The fourth-order valence-electron chi connectivity index (χ4n) is 2.36. The van der Waals surface area contributed by atoms with Crippen LogP contribution in [-0.2, 0) is 0 Å². The molecule has 0 aliphatic rings. The monoisotopic (exact) mass is 366 g/mol. The molecule has 120 valence electrons. The van der Waals surface area contributed by atoms with E-state index in [-0.39, 0.29) is 0 Å². The molecular formula is C15H22BrF3N2. The highest BCUT2D eigenvalue weighted by Gasteiger charge is 2.31. The Morgan fingerprint density at radius 2 is 1.81 bits per heavy atom. The van der Waals surface area contributed by atoms with Gasteiger partial charge in [-0.3, -0.25) is 0 Å². The number of nitrogen functional groups attached to an aromatic ring is 1. The first-order chi connectivity index (χ1) is 9.58. The van der Waals surface area contributed by atoms with E-state index in [0.29, 0.717) is 24.7 Å². The first-order valence-electron chi connectivity index (χ1n) is 6.95. The van der Waals surface area contributed by atoms with E-state index in [1.165, 1.54) is 0 Å². The molecule has 1 rings (SSSR count). The van der Waals surface area contributed by atoms with Crippen molar-refractivity contribution in [3.63, 3.8) is 0 Å². The maximum absolute atomic E-state index is 12.5. The normalized spacial score (nSPS) is 13.5. The predicted octanol–water partition coefficient (Wildman–Crippen LogP) is 5.08. The van der Waals surface area contributed by atoms with Crippen molar-refractivity contribution in [3.05, 3.63) is 22.7 Å². The molecule has 0 aliphatic carbocycles. The molecule has 0 saturated carbocycles. The van der Waals surface area contributed by atoms with E-state index in [9.17, 15) is 13.2 Å². The van der Waals surface area contributed by atoms with Gasteiger partial charge in [-0.15, -0.1) is 0 Å². The Bertz CT molecular complexity index is 461. The molecule has 0 saturated heterocycles. The van der Waals surface area contributed by atoms with E-state index in [1.54, 1.807) is 13.0 Å². The number of alkyl halides is 3. The van der Waals surface area contributed by atoms with Crippen LogP contribution in [0.4, 0.5) is 24.5 Å². The van der Waals surface area contributed by atoms with Crippen molar-refractivity contribution < 1.29 is 13.2 Å². The Balaban J connectivity index is 2.90. The highest BCUT2D eigenvalue weighted by Crippen LogP contribution is 2.30. The summed E-state index contributed by atoms with van der Waals surface area (Å²) in [6.45, 7) is 6.71. The van der Waals surface area contributed by atoms with Gasteiger partial charge < -0.3 is 10.6 Å². The van der Waals surface area contributed by atoms with Crippen LogP contribution in [0.15, 0.2) is 22.7 Å². The lowest BCUT2D eigenvalue weighted by molar-refractivity contribution is -0.142. The molecule has 0 amide bonds. The van der Waals surface area contributed by atoms with Gasteiger partial charge >= 0.3 is 6.18 Å². The van der Waals surface area contributed by atoms with Crippen LogP contribution in [0.2, 0.25) is 0 Å². The van der Waals surface area contributed by atoms with Crippen LogP contribution in [0.3, 0.4) is 0 Å². The topological polar surface area (TPSA) is 29.3 Å². The molecule has 0 aromatic heterocycles. The van der Waals surface area contributed by atoms with Crippen LogP contribution in [0, 0.1) is 11.8 Å². The van der Waals surface area contributed by atoms with Crippen LogP contribution in [0.25, 0.3) is 0 Å². The molecule has 0 heterocycles. The highest BCUT2D eigenvalue weighted by atomic mass is 79.9. The Kier molecular flexibility index (Phi) is 6.38. The molecule has 21 heavy (non-hydrogen) atoms. The van der Waals surface area contributed by atoms with Crippen molar-refractivity contribution in [2.45, 2.75) is 33.4 Å². The molecule has 2 N–H and O–H groups in total. The van der Waals surface area contributed by atoms with E-state index >= 15 is 0 Å². The summed E-state index contributed by atoms with van der Waals surface area (Å²) in [4.78, 5) is 1.95. The second kappa shape index (κ2) is 7.38. The van der Waals surface area contributed by atoms with Gasteiger partial charge in [-0.2, -0.15) is 13.2 Å². The van der Waals surface area contributed by atoms with Gasteiger partial charge in [0.15, 0.2) is 0 Å². The number of hydrogen-bond donors (Lipinski definition) is 1. The second-order valence-corrected chi connectivity index (χ2v) is 6.84. The average molecular weight is 367 g/mol. The van der Waals surface area contributed by atoms with Gasteiger partial charge in [0.2, 0.25) is 0 Å². The minimum atomic E-state index is -4.13. The maximum Gasteiger partial charge on any atom is 0.389 e. The highest BCUT2D eigenvalue weighted by molar-refractivity contribution is 9.10. The zero-order valence-electron chi connectivity index (χ0n) is 12.5. The van der Waals surface area contributed by atoms with Crippen molar-refractivity contribution in [2.75, 3.05) is 23.7 Å². The number of nitrogens with zero attached hydrogens (tertiary/aromatic N) is 1. The van der Waals surface area contributed by atoms with E-state index in [0.717, 1.165) is 10.2 Å². The smallest absolute Gasteiger partial charge is 0.389 e. The van der Waals surface area contributed by atoms with Gasteiger partial charge in [-0.05, 0) is 30.0 Å².